The molecule has 1 N–H and O–H groups in total. The van der Waals surface area contributed by atoms with Gasteiger partial charge >= 0.3 is 0 Å². The lowest BCUT2D eigenvalue weighted by Crippen LogP contribution is -2.29. The van der Waals surface area contributed by atoms with Crippen molar-refractivity contribution >= 4 is 10.8 Å². The summed E-state index contributed by atoms with van der Waals surface area (Å²) < 4.78 is 5.52. The van der Waals surface area contributed by atoms with Crippen molar-refractivity contribution in [3.05, 3.63) is 59.7 Å². The SMILES string of the molecule is CC(C)c1noc(C2CCC(NC(C)c3cccc4ccccc34)C2)n1. The highest BCUT2D eigenvalue weighted by molar-refractivity contribution is 5.86. The topological polar surface area (TPSA) is 51.0 Å². The first kappa shape index (κ1) is 17.2. The fourth-order valence-electron chi connectivity index (χ4n) is 4.08. The van der Waals surface area contributed by atoms with Gasteiger partial charge in [-0.2, -0.15) is 4.98 Å². The van der Waals surface area contributed by atoms with Crippen molar-refractivity contribution in [1.29, 1.82) is 0 Å². The van der Waals surface area contributed by atoms with Crippen LogP contribution in [0.2, 0.25) is 0 Å². The Morgan fingerprint density at radius 2 is 1.85 bits per heavy atom. The van der Waals surface area contributed by atoms with Crippen LogP contribution in [0.25, 0.3) is 10.8 Å². The van der Waals surface area contributed by atoms with Crippen LogP contribution in [0.1, 0.15) is 75.2 Å². The normalized spacial score (nSPS) is 21.5. The summed E-state index contributed by atoms with van der Waals surface area (Å²) in [5.74, 6) is 2.33. The third-order valence-electron chi connectivity index (χ3n) is 5.53. The van der Waals surface area contributed by atoms with Gasteiger partial charge in [0.25, 0.3) is 0 Å². The molecule has 0 radical (unpaired) electrons. The van der Waals surface area contributed by atoms with E-state index in [1.165, 1.54) is 16.3 Å². The lowest BCUT2D eigenvalue weighted by atomic mass is 9.99. The fraction of sp³-hybridized carbons (Fsp3) is 0.455. The molecular weight excluding hydrogens is 322 g/mol. The Morgan fingerprint density at radius 1 is 1.04 bits per heavy atom. The number of hydrogen-bond donors (Lipinski definition) is 1. The molecule has 0 amide bonds. The summed E-state index contributed by atoms with van der Waals surface area (Å²) in [6, 6.07) is 16.0. The summed E-state index contributed by atoms with van der Waals surface area (Å²) in [4.78, 5) is 4.60. The molecule has 1 aromatic heterocycles. The van der Waals surface area contributed by atoms with E-state index in [4.69, 9.17) is 4.52 Å². The third kappa shape index (κ3) is 3.38. The van der Waals surface area contributed by atoms with Gasteiger partial charge in [-0.1, -0.05) is 61.5 Å². The first-order valence-corrected chi connectivity index (χ1v) is 9.69. The Balaban J connectivity index is 1.44. The Kier molecular flexibility index (Phi) is 4.77. The lowest BCUT2D eigenvalue weighted by molar-refractivity contribution is 0.345. The molecule has 0 saturated heterocycles. The quantitative estimate of drug-likeness (QED) is 0.676. The molecule has 0 spiro atoms. The monoisotopic (exact) mass is 349 g/mol. The molecule has 1 heterocycles. The first-order chi connectivity index (χ1) is 12.6. The highest BCUT2D eigenvalue weighted by Crippen LogP contribution is 2.35. The van der Waals surface area contributed by atoms with Crippen molar-refractivity contribution in [2.75, 3.05) is 0 Å². The summed E-state index contributed by atoms with van der Waals surface area (Å²) in [5, 5.41) is 10.6. The molecule has 0 aliphatic heterocycles. The first-order valence-electron chi connectivity index (χ1n) is 9.69. The van der Waals surface area contributed by atoms with Gasteiger partial charge in [0.05, 0.1) is 0 Å². The number of aromatic nitrogens is 2. The van der Waals surface area contributed by atoms with Crippen molar-refractivity contribution < 1.29 is 4.52 Å². The standard InChI is InChI=1S/C22H27N3O/c1-14(2)21-24-22(26-25-21)17-11-12-18(13-17)23-15(3)19-10-6-8-16-7-4-5-9-20(16)19/h4-10,14-15,17-18,23H,11-13H2,1-3H3. The molecule has 1 fully saturated rings. The number of nitrogens with zero attached hydrogens (tertiary/aromatic N) is 2. The van der Waals surface area contributed by atoms with E-state index in [2.05, 4.69) is 78.7 Å². The van der Waals surface area contributed by atoms with E-state index in [0.717, 1.165) is 31.0 Å². The van der Waals surface area contributed by atoms with E-state index in [0.29, 0.717) is 23.9 Å². The second-order valence-electron chi connectivity index (χ2n) is 7.81. The van der Waals surface area contributed by atoms with Gasteiger partial charge in [0, 0.05) is 23.9 Å². The zero-order valence-electron chi connectivity index (χ0n) is 15.8. The van der Waals surface area contributed by atoms with Gasteiger partial charge in [0.2, 0.25) is 5.89 Å². The smallest absolute Gasteiger partial charge is 0.229 e. The average Bonchev–Trinajstić information content (AvgIpc) is 3.30. The Labute approximate surface area is 155 Å². The maximum Gasteiger partial charge on any atom is 0.229 e. The molecule has 2 aromatic carbocycles. The maximum absolute atomic E-state index is 5.52. The van der Waals surface area contributed by atoms with Crippen LogP contribution in [-0.2, 0) is 0 Å². The van der Waals surface area contributed by atoms with E-state index in [1.54, 1.807) is 0 Å². The van der Waals surface area contributed by atoms with Crippen LogP contribution >= 0.6 is 0 Å². The van der Waals surface area contributed by atoms with Crippen molar-refractivity contribution in [3.63, 3.8) is 0 Å². The Bertz CT molecular complexity index is 880. The number of nitrogens with one attached hydrogen (secondary N) is 1. The number of fused-ring (bicyclic) bond motifs is 1. The number of benzene rings is 2. The van der Waals surface area contributed by atoms with Gasteiger partial charge in [-0.05, 0) is 42.5 Å². The van der Waals surface area contributed by atoms with Gasteiger partial charge in [-0.3, -0.25) is 0 Å². The minimum atomic E-state index is 0.314. The highest BCUT2D eigenvalue weighted by atomic mass is 16.5. The molecule has 136 valence electrons. The highest BCUT2D eigenvalue weighted by Gasteiger charge is 2.31. The maximum atomic E-state index is 5.52. The van der Waals surface area contributed by atoms with Gasteiger partial charge in [0.15, 0.2) is 5.82 Å². The van der Waals surface area contributed by atoms with Crippen LogP contribution in [0.3, 0.4) is 0 Å². The lowest BCUT2D eigenvalue weighted by Gasteiger charge is -2.21. The Hall–Kier alpha value is -2.20. The van der Waals surface area contributed by atoms with Crippen LogP contribution < -0.4 is 5.32 Å². The summed E-state index contributed by atoms with van der Waals surface area (Å²) >= 11 is 0. The third-order valence-corrected chi connectivity index (χ3v) is 5.53. The van der Waals surface area contributed by atoms with E-state index >= 15 is 0 Å². The predicted molar refractivity (Wildman–Crippen MR) is 104 cm³/mol. The number of hydrogen-bond acceptors (Lipinski definition) is 4. The fourth-order valence-corrected chi connectivity index (χ4v) is 4.08. The molecule has 3 atom stereocenters. The van der Waals surface area contributed by atoms with Gasteiger partial charge in [-0.25, -0.2) is 0 Å². The van der Waals surface area contributed by atoms with E-state index in [9.17, 15) is 0 Å². The van der Waals surface area contributed by atoms with Gasteiger partial charge in [-0.15, -0.1) is 0 Å². The summed E-state index contributed by atoms with van der Waals surface area (Å²) in [7, 11) is 0. The van der Waals surface area contributed by atoms with E-state index < -0.39 is 0 Å². The molecule has 4 nitrogen and oxygen atoms in total. The largest absolute Gasteiger partial charge is 0.339 e. The molecule has 1 aliphatic carbocycles. The van der Waals surface area contributed by atoms with Gasteiger partial charge < -0.3 is 9.84 Å². The summed E-state index contributed by atoms with van der Waals surface area (Å²) in [6.07, 6.45) is 3.33. The minimum absolute atomic E-state index is 0.314. The predicted octanol–water partition coefficient (Wildman–Crippen LogP) is 5.33. The van der Waals surface area contributed by atoms with Crippen molar-refractivity contribution in [2.45, 2.75) is 64.0 Å². The van der Waals surface area contributed by atoms with Crippen LogP contribution in [0.15, 0.2) is 47.0 Å². The zero-order valence-corrected chi connectivity index (χ0v) is 15.8. The molecule has 3 unspecified atom stereocenters. The van der Waals surface area contributed by atoms with Crippen molar-refractivity contribution in [3.8, 4) is 0 Å². The van der Waals surface area contributed by atoms with Gasteiger partial charge in [0.1, 0.15) is 0 Å². The second kappa shape index (κ2) is 7.20. The van der Waals surface area contributed by atoms with Crippen LogP contribution in [0.4, 0.5) is 0 Å². The second-order valence-corrected chi connectivity index (χ2v) is 7.81. The van der Waals surface area contributed by atoms with Crippen molar-refractivity contribution in [2.24, 2.45) is 0 Å². The molecule has 0 bridgehead atoms. The van der Waals surface area contributed by atoms with E-state index in [-0.39, 0.29) is 0 Å². The Morgan fingerprint density at radius 3 is 2.65 bits per heavy atom. The van der Waals surface area contributed by atoms with Crippen LogP contribution in [-0.4, -0.2) is 16.2 Å². The molecule has 1 saturated carbocycles. The summed E-state index contributed by atoms with van der Waals surface area (Å²) in [5.41, 5.74) is 1.37. The minimum Gasteiger partial charge on any atom is -0.339 e. The van der Waals surface area contributed by atoms with Crippen LogP contribution in [0, 0.1) is 0 Å². The average molecular weight is 349 g/mol. The molecule has 26 heavy (non-hydrogen) atoms. The molecule has 3 aromatic rings. The number of rotatable bonds is 5. The zero-order chi connectivity index (χ0) is 18.1. The summed E-state index contributed by atoms with van der Waals surface area (Å²) in [6.45, 7) is 6.46. The van der Waals surface area contributed by atoms with Crippen molar-refractivity contribution in [1.82, 2.24) is 15.5 Å². The molecular formula is C22H27N3O. The van der Waals surface area contributed by atoms with Crippen LogP contribution in [0.5, 0.6) is 0 Å². The molecule has 1 aliphatic rings. The van der Waals surface area contributed by atoms with E-state index in [1.807, 2.05) is 0 Å². The molecule has 4 heteroatoms. The molecule has 4 rings (SSSR count).